The molecule has 1 aromatic rings. The van der Waals surface area contributed by atoms with Crippen molar-refractivity contribution in [3.63, 3.8) is 0 Å². The summed E-state index contributed by atoms with van der Waals surface area (Å²) in [5.41, 5.74) is 2.14. The molecule has 1 aromatic carbocycles. The Morgan fingerprint density at radius 1 is 1.21 bits per heavy atom. The molecule has 0 radical (unpaired) electrons. The highest BCUT2D eigenvalue weighted by molar-refractivity contribution is 5.97. The van der Waals surface area contributed by atoms with Gasteiger partial charge in [-0.15, -0.1) is 0 Å². The van der Waals surface area contributed by atoms with Crippen LogP contribution in [0.25, 0.3) is 5.57 Å². The van der Waals surface area contributed by atoms with E-state index in [9.17, 15) is 4.79 Å². The molecule has 0 saturated carbocycles. The Kier molecular flexibility index (Phi) is 3.63. The quantitative estimate of drug-likeness (QED) is 0.665. The molecule has 0 amide bonds. The predicted molar refractivity (Wildman–Crippen MR) is 59.9 cm³/mol. The zero-order valence-corrected chi connectivity index (χ0v) is 8.95. The van der Waals surface area contributed by atoms with E-state index in [0.717, 1.165) is 11.1 Å². The van der Waals surface area contributed by atoms with Gasteiger partial charge in [-0.05, 0) is 24.1 Å². The molecule has 0 aromatic heterocycles. The fourth-order valence-electron chi connectivity index (χ4n) is 1.16. The average Bonchev–Trinajstić information content (AvgIpc) is 2.19. The van der Waals surface area contributed by atoms with Crippen molar-refractivity contribution in [2.75, 3.05) is 0 Å². The SMILES string of the molecule is C/C(=C\C(=O)C(C)C)c1ccccc1. The maximum atomic E-state index is 11.5. The largest absolute Gasteiger partial charge is 0.295 e. The summed E-state index contributed by atoms with van der Waals surface area (Å²) in [4.78, 5) is 11.5. The van der Waals surface area contributed by atoms with Crippen LogP contribution in [-0.4, -0.2) is 5.78 Å². The number of hydrogen-bond acceptors (Lipinski definition) is 1. The summed E-state index contributed by atoms with van der Waals surface area (Å²) in [7, 11) is 0. The fourth-order valence-corrected chi connectivity index (χ4v) is 1.16. The van der Waals surface area contributed by atoms with Gasteiger partial charge >= 0.3 is 0 Å². The first-order valence-electron chi connectivity index (χ1n) is 4.89. The summed E-state index contributed by atoms with van der Waals surface area (Å²) >= 11 is 0. The number of carbonyl (C=O) groups is 1. The highest BCUT2D eigenvalue weighted by atomic mass is 16.1. The Bertz CT molecular complexity index is 334. The third-order valence-electron chi connectivity index (χ3n) is 2.16. The van der Waals surface area contributed by atoms with E-state index in [1.807, 2.05) is 51.1 Å². The summed E-state index contributed by atoms with van der Waals surface area (Å²) in [5.74, 6) is 0.264. The molecule has 0 saturated heterocycles. The van der Waals surface area contributed by atoms with Crippen molar-refractivity contribution in [1.29, 1.82) is 0 Å². The van der Waals surface area contributed by atoms with Crippen LogP contribution in [0.3, 0.4) is 0 Å². The predicted octanol–water partition coefficient (Wildman–Crippen LogP) is 3.32. The minimum absolute atomic E-state index is 0.0775. The van der Waals surface area contributed by atoms with Crippen LogP contribution in [0.4, 0.5) is 0 Å². The lowest BCUT2D eigenvalue weighted by atomic mass is 10.0. The summed E-state index contributed by atoms with van der Waals surface area (Å²) in [6, 6.07) is 9.96. The van der Waals surface area contributed by atoms with Crippen LogP contribution in [-0.2, 0) is 4.79 Å². The van der Waals surface area contributed by atoms with Gasteiger partial charge in [0.2, 0.25) is 0 Å². The van der Waals surface area contributed by atoms with Gasteiger partial charge in [0, 0.05) is 5.92 Å². The molecule has 0 aliphatic heterocycles. The van der Waals surface area contributed by atoms with Gasteiger partial charge in [-0.2, -0.15) is 0 Å². The van der Waals surface area contributed by atoms with E-state index in [1.165, 1.54) is 0 Å². The number of hydrogen-bond donors (Lipinski definition) is 0. The van der Waals surface area contributed by atoms with Crippen LogP contribution >= 0.6 is 0 Å². The number of carbonyl (C=O) groups excluding carboxylic acids is 1. The van der Waals surface area contributed by atoms with E-state index in [1.54, 1.807) is 6.08 Å². The Morgan fingerprint density at radius 3 is 2.29 bits per heavy atom. The van der Waals surface area contributed by atoms with Crippen molar-refractivity contribution >= 4 is 11.4 Å². The molecule has 74 valence electrons. The van der Waals surface area contributed by atoms with Crippen molar-refractivity contribution in [2.24, 2.45) is 5.92 Å². The summed E-state index contributed by atoms with van der Waals surface area (Å²) in [5, 5.41) is 0. The van der Waals surface area contributed by atoms with Crippen molar-refractivity contribution in [2.45, 2.75) is 20.8 Å². The molecule has 0 bridgehead atoms. The van der Waals surface area contributed by atoms with Crippen LogP contribution < -0.4 is 0 Å². The first-order valence-corrected chi connectivity index (χ1v) is 4.89. The van der Waals surface area contributed by atoms with Gasteiger partial charge in [0.05, 0.1) is 0 Å². The molecule has 0 spiro atoms. The lowest BCUT2D eigenvalue weighted by molar-refractivity contribution is -0.117. The monoisotopic (exact) mass is 188 g/mol. The minimum Gasteiger partial charge on any atom is -0.295 e. The lowest BCUT2D eigenvalue weighted by Gasteiger charge is -2.02. The van der Waals surface area contributed by atoms with E-state index in [4.69, 9.17) is 0 Å². The molecule has 14 heavy (non-hydrogen) atoms. The number of allylic oxidation sites excluding steroid dienone is 2. The van der Waals surface area contributed by atoms with E-state index in [-0.39, 0.29) is 11.7 Å². The molecule has 1 nitrogen and oxygen atoms in total. The molecule has 0 N–H and O–H groups in total. The van der Waals surface area contributed by atoms with Crippen LogP contribution in [0.5, 0.6) is 0 Å². The van der Waals surface area contributed by atoms with Crippen LogP contribution in [0.2, 0.25) is 0 Å². The van der Waals surface area contributed by atoms with Gasteiger partial charge in [-0.1, -0.05) is 44.2 Å². The molecular weight excluding hydrogens is 172 g/mol. The first-order chi connectivity index (χ1) is 6.61. The fraction of sp³-hybridized carbons (Fsp3) is 0.308. The van der Waals surface area contributed by atoms with E-state index >= 15 is 0 Å². The average molecular weight is 188 g/mol. The number of ketones is 1. The Labute approximate surface area is 85.5 Å². The third kappa shape index (κ3) is 2.84. The first kappa shape index (κ1) is 10.7. The summed E-state index contributed by atoms with van der Waals surface area (Å²) < 4.78 is 0. The van der Waals surface area contributed by atoms with Crippen LogP contribution in [0.1, 0.15) is 26.3 Å². The maximum Gasteiger partial charge on any atom is 0.158 e. The van der Waals surface area contributed by atoms with Crippen LogP contribution in [0, 0.1) is 5.92 Å². The lowest BCUT2D eigenvalue weighted by Crippen LogP contribution is -2.03. The van der Waals surface area contributed by atoms with E-state index in [2.05, 4.69) is 0 Å². The molecule has 0 aliphatic rings. The Hall–Kier alpha value is -1.37. The molecule has 1 heteroatoms. The highest BCUT2D eigenvalue weighted by Crippen LogP contribution is 2.13. The van der Waals surface area contributed by atoms with Gasteiger partial charge in [0.1, 0.15) is 0 Å². The van der Waals surface area contributed by atoms with E-state index in [0.29, 0.717) is 0 Å². The van der Waals surface area contributed by atoms with E-state index < -0.39 is 0 Å². The molecule has 0 fully saturated rings. The molecular formula is C13H16O. The van der Waals surface area contributed by atoms with Crippen molar-refractivity contribution in [3.05, 3.63) is 42.0 Å². The van der Waals surface area contributed by atoms with Gasteiger partial charge in [-0.3, -0.25) is 4.79 Å². The van der Waals surface area contributed by atoms with Crippen LogP contribution in [0.15, 0.2) is 36.4 Å². The maximum absolute atomic E-state index is 11.5. The van der Waals surface area contributed by atoms with Crippen molar-refractivity contribution < 1.29 is 4.79 Å². The second-order valence-electron chi connectivity index (χ2n) is 3.75. The normalized spacial score (nSPS) is 11.9. The molecule has 0 atom stereocenters. The molecule has 1 rings (SSSR count). The topological polar surface area (TPSA) is 17.1 Å². The molecule has 0 unspecified atom stereocenters. The zero-order valence-electron chi connectivity index (χ0n) is 8.95. The zero-order chi connectivity index (χ0) is 10.6. The second kappa shape index (κ2) is 4.75. The Morgan fingerprint density at radius 2 is 1.79 bits per heavy atom. The number of rotatable bonds is 3. The van der Waals surface area contributed by atoms with Crippen molar-refractivity contribution in [1.82, 2.24) is 0 Å². The smallest absolute Gasteiger partial charge is 0.158 e. The molecule has 0 aliphatic carbocycles. The highest BCUT2D eigenvalue weighted by Gasteiger charge is 2.04. The summed E-state index contributed by atoms with van der Waals surface area (Å²) in [6.07, 6.45) is 1.72. The van der Waals surface area contributed by atoms with Gasteiger partial charge in [-0.25, -0.2) is 0 Å². The summed E-state index contributed by atoms with van der Waals surface area (Å²) in [6.45, 7) is 5.80. The minimum atomic E-state index is 0.0775. The second-order valence-corrected chi connectivity index (χ2v) is 3.75. The van der Waals surface area contributed by atoms with Gasteiger partial charge in [0.25, 0.3) is 0 Å². The third-order valence-corrected chi connectivity index (χ3v) is 2.16. The number of benzene rings is 1. The van der Waals surface area contributed by atoms with Gasteiger partial charge in [0.15, 0.2) is 5.78 Å². The molecule has 0 heterocycles. The standard InChI is InChI=1S/C13H16O/c1-10(2)13(14)9-11(3)12-7-5-4-6-8-12/h4-10H,1-3H3/b11-9+. The van der Waals surface area contributed by atoms with Crippen molar-refractivity contribution in [3.8, 4) is 0 Å². The van der Waals surface area contributed by atoms with Gasteiger partial charge < -0.3 is 0 Å². The Balaban J connectivity index is 2.85.